The summed E-state index contributed by atoms with van der Waals surface area (Å²) in [5.41, 5.74) is 0. The summed E-state index contributed by atoms with van der Waals surface area (Å²) in [5.74, 6) is 0.199. The number of unbranched alkanes of at least 4 members (excludes halogenated alkanes) is 45. The summed E-state index contributed by atoms with van der Waals surface area (Å²) >= 11 is 0. The van der Waals surface area contributed by atoms with Gasteiger partial charge in [-0.1, -0.05) is 363 Å². The van der Waals surface area contributed by atoms with E-state index in [0.29, 0.717) is 25.7 Å². The van der Waals surface area contributed by atoms with Gasteiger partial charge in [0, 0.05) is 25.7 Å². The first-order valence-electron chi connectivity index (χ1n) is 41.4. The maximum atomic E-state index is 13.1. The lowest BCUT2D eigenvalue weighted by molar-refractivity contribution is -0.161. The number of aliphatic hydroxyl groups excluding tert-OH is 1. The highest BCUT2D eigenvalue weighted by Gasteiger charge is 2.30. The molecule has 0 fully saturated rings. The standard InChI is InChI=1S/C80H156O17P2/c1-8-10-11-12-13-14-15-16-17-18-19-20-21-22-27-33-42-49-56-63-79(84)96-75(67-90-77(82)61-54-47-40-32-26-24-23-25-30-37-44-51-58-71(3)4)69-94-98(86,87)92-65-74(81)66-93-99(88,89)95-70-76(68-91-78(83)62-55-48-41-36-35-39-46-53-60-73(7)9-2)97-80(85)64-57-50-43-34-29-28-31-38-45-52-59-72(5)6/h71-76,81H,8-70H2,1-7H3,(H,86,87)(H,88,89)/t73?,74-,75-,76-/m1/s1. The van der Waals surface area contributed by atoms with Gasteiger partial charge in [-0.25, -0.2) is 9.13 Å². The molecule has 0 amide bonds. The Morgan fingerprint density at radius 3 is 0.768 bits per heavy atom. The van der Waals surface area contributed by atoms with Crippen LogP contribution in [0.1, 0.15) is 414 Å². The van der Waals surface area contributed by atoms with Crippen LogP contribution in [0.15, 0.2) is 0 Å². The van der Waals surface area contributed by atoms with Gasteiger partial charge in [0.1, 0.15) is 19.3 Å². The Morgan fingerprint density at radius 2 is 0.515 bits per heavy atom. The van der Waals surface area contributed by atoms with Crippen molar-refractivity contribution in [2.45, 2.75) is 433 Å². The molecule has 0 aliphatic carbocycles. The first kappa shape index (κ1) is 97.1. The number of esters is 4. The lowest BCUT2D eigenvalue weighted by Gasteiger charge is -2.21. The number of carbonyl (C=O) groups excluding carboxylic acids is 4. The molecule has 0 rings (SSSR count). The molecule has 19 heteroatoms. The van der Waals surface area contributed by atoms with Crippen LogP contribution in [0.4, 0.5) is 0 Å². The number of phosphoric acid groups is 2. The van der Waals surface area contributed by atoms with Gasteiger partial charge in [0.15, 0.2) is 12.2 Å². The summed E-state index contributed by atoms with van der Waals surface area (Å²) in [6.07, 6.45) is 58.2. The number of aliphatic hydroxyl groups is 1. The average molecular weight is 1450 g/mol. The summed E-state index contributed by atoms with van der Waals surface area (Å²) in [6.45, 7) is 11.9. The van der Waals surface area contributed by atoms with E-state index in [0.717, 1.165) is 108 Å². The first-order chi connectivity index (χ1) is 47.8. The Morgan fingerprint density at radius 1 is 0.293 bits per heavy atom. The Bertz CT molecular complexity index is 1920. The van der Waals surface area contributed by atoms with E-state index in [2.05, 4.69) is 48.5 Å². The molecule has 0 spiro atoms. The molecule has 0 aromatic heterocycles. The zero-order chi connectivity index (χ0) is 73.0. The highest BCUT2D eigenvalue weighted by Crippen LogP contribution is 2.45. The third kappa shape index (κ3) is 72.8. The predicted octanol–water partition coefficient (Wildman–Crippen LogP) is 23.7. The van der Waals surface area contributed by atoms with Crippen LogP contribution in [-0.2, 0) is 65.4 Å². The van der Waals surface area contributed by atoms with E-state index in [-0.39, 0.29) is 25.7 Å². The molecule has 0 aromatic rings. The quantitative estimate of drug-likeness (QED) is 0.0222. The lowest BCUT2D eigenvalue weighted by atomic mass is 9.99. The van der Waals surface area contributed by atoms with Crippen LogP contribution >= 0.6 is 15.6 Å². The molecule has 0 bridgehead atoms. The van der Waals surface area contributed by atoms with Crippen LogP contribution in [0, 0.1) is 17.8 Å². The lowest BCUT2D eigenvalue weighted by Crippen LogP contribution is -2.30. The predicted molar refractivity (Wildman–Crippen MR) is 405 cm³/mol. The summed E-state index contributed by atoms with van der Waals surface area (Å²) < 4.78 is 68.7. The number of rotatable bonds is 78. The Kier molecular flexibility index (Phi) is 69.0. The summed E-state index contributed by atoms with van der Waals surface area (Å²) in [7, 11) is -9.92. The molecule has 17 nitrogen and oxygen atoms in total. The highest BCUT2D eigenvalue weighted by molar-refractivity contribution is 7.47. The Balaban J connectivity index is 5.26. The largest absolute Gasteiger partial charge is 0.472 e. The summed E-state index contributed by atoms with van der Waals surface area (Å²) in [5, 5.41) is 10.6. The second-order valence-electron chi connectivity index (χ2n) is 30.0. The van der Waals surface area contributed by atoms with E-state index >= 15 is 0 Å². The second kappa shape index (κ2) is 70.4. The Labute approximate surface area is 607 Å². The minimum absolute atomic E-state index is 0.105. The molecule has 0 aliphatic heterocycles. The van der Waals surface area contributed by atoms with Crippen molar-refractivity contribution in [1.29, 1.82) is 0 Å². The van der Waals surface area contributed by atoms with Crippen molar-refractivity contribution in [3.05, 3.63) is 0 Å². The summed E-state index contributed by atoms with van der Waals surface area (Å²) in [6, 6.07) is 0. The first-order valence-corrected chi connectivity index (χ1v) is 44.4. The molecular formula is C80H156O17P2. The van der Waals surface area contributed by atoms with Crippen LogP contribution in [0.2, 0.25) is 0 Å². The van der Waals surface area contributed by atoms with E-state index in [1.54, 1.807) is 0 Å². The number of ether oxygens (including phenoxy) is 4. The average Bonchev–Trinajstić information content (AvgIpc) is 0.999. The van der Waals surface area contributed by atoms with Crippen LogP contribution in [0.25, 0.3) is 0 Å². The summed E-state index contributed by atoms with van der Waals surface area (Å²) in [4.78, 5) is 73.0. The van der Waals surface area contributed by atoms with Crippen LogP contribution in [0.5, 0.6) is 0 Å². The maximum Gasteiger partial charge on any atom is 0.472 e. The number of hydrogen-bond acceptors (Lipinski definition) is 15. The monoisotopic (exact) mass is 1450 g/mol. The zero-order valence-electron chi connectivity index (χ0n) is 65.0. The van der Waals surface area contributed by atoms with Crippen molar-refractivity contribution in [3.63, 3.8) is 0 Å². The van der Waals surface area contributed by atoms with Gasteiger partial charge in [0.2, 0.25) is 0 Å². The van der Waals surface area contributed by atoms with Gasteiger partial charge in [-0.05, 0) is 43.4 Å². The molecule has 6 atom stereocenters. The molecule has 0 radical (unpaired) electrons. The van der Waals surface area contributed by atoms with Gasteiger partial charge < -0.3 is 33.8 Å². The highest BCUT2D eigenvalue weighted by atomic mass is 31.2. The van der Waals surface area contributed by atoms with E-state index in [1.165, 1.54) is 225 Å². The molecule has 0 heterocycles. The smallest absolute Gasteiger partial charge is 0.462 e. The van der Waals surface area contributed by atoms with Crippen molar-refractivity contribution < 1.29 is 80.2 Å². The number of carbonyl (C=O) groups is 4. The van der Waals surface area contributed by atoms with Crippen LogP contribution < -0.4 is 0 Å². The molecule has 99 heavy (non-hydrogen) atoms. The van der Waals surface area contributed by atoms with Gasteiger partial charge in [-0.2, -0.15) is 0 Å². The fourth-order valence-electron chi connectivity index (χ4n) is 12.3. The van der Waals surface area contributed by atoms with Gasteiger partial charge in [0.25, 0.3) is 0 Å². The molecule has 588 valence electrons. The molecule has 3 N–H and O–H groups in total. The minimum Gasteiger partial charge on any atom is -0.462 e. The van der Waals surface area contributed by atoms with Gasteiger partial charge >= 0.3 is 39.5 Å². The van der Waals surface area contributed by atoms with Crippen molar-refractivity contribution in [1.82, 2.24) is 0 Å². The SMILES string of the molecule is CCCCCCCCCCCCCCCCCCCCCC(=O)O[C@H](COC(=O)CCCCCCCCCCCCCCC(C)C)COP(=O)(O)OC[C@@H](O)COP(=O)(O)OC[C@@H](COC(=O)CCCCCCCCCCC(C)CC)OC(=O)CCCCCCCCCCCCC(C)C. The number of hydrogen-bond donors (Lipinski definition) is 3. The van der Waals surface area contributed by atoms with Crippen molar-refractivity contribution in [2.75, 3.05) is 39.6 Å². The molecule has 0 aliphatic rings. The van der Waals surface area contributed by atoms with Crippen LogP contribution in [0.3, 0.4) is 0 Å². The fourth-order valence-corrected chi connectivity index (χ4v) is 13.9. The third-order valence-corrected chi connectivity index (χ3v) is 20.9. The molecule has 0 aromatic carbocycles. The molecule has 0 saturated carbocycles. The zero-order valence-corrected chi connectivity index (χ0v) is 66.8. The van der Waals surface area contributed by atoms with Gasteiger partial charge in [-0.15, -0.1) is 0 Å². The third-order valence-electron chi connectivity index (χ3n) is 19.0. The number of phosphoric ester groups is 2. The van der Waals surface area contributed by atoms with Crippen LogP contribution in [-0.4, -0.2) is 96.7 Å². The Hall–Kier alpha value is -1.94. The van der Waals surface area contributed by atoms with Crippen molar-refractivity contribution >= 4 is 39.5 Å². The topological polar surface area (TPSA) is 237 Å². The molecule has 0 saturated heterocycles. The van der Waals surface area contributed by atoms with Gasteiger partial charge in [-0.3, -0.25) is 37.3 Å². The van der Waals surface area contributed by atoms with Crippen molar-refractivity contribution in [2.24, 2.45) is 17.8 Å². The maximum absolute atomic E-state index is 13.1. The van der Waals surface area contributed by atoms with E-state index in [1.807, 2.05) is 0 Å². The van der Waals surface area contributed by atoms with E-state index < -0.39 is 97.5 Å². The fraction of sp³-hybridized carbons (Fsp3) is 0.950. The minimum atomic E-state index is -4.96. The van der Waals surface area contributed by atoms with E-state index in [4.69, 9.17) is 37.0 Å². The normalized spacial score (nSPS) is 14.3. The molecular weight excluding hydrogens is 1290 g/mol. The van der Waals surface area contributed by atoms with Crippen molar-refractivity contribution in [3.8, 4) is 0 Å². The second-order valence-corrected chi connectivity index (χ2v) is 32.9. The van der Waals surface area contributed by atoms with Gasteiger partial charge in [0.05, 0.1) is 26.4 Å². The van der Waals surface area contributed by atoms with E-state index in [9.17, 15) is 43.2 Å². The molecule has 3 unspecified atom stereocenters.